The Bertz CT molecular complexity index is 750. The molecule has 0 saturated heterocycles. The van der Waals surface area contributed by atoms with Crippen LogP contribution in [0.3, 0.4) is 0 Å². The highest BCUT2D eigenvalue weighted by atomic mass is 16.3. The Morgan fingerprint density at radius 3 is 2.50 bits per heavy atom. The average molecular weight is 327 g/mol. The van der Waals surface area contributed by atoms with Crippen LogP contribution in [0.15, 0.2) is 53.2 Å². The first-order valence-corrected chi connectivity index (χ1v) is 7.20. The van der Waals surface area contributed by atoms with Gasteiger partial charge in [-0.3, -0.25) is 25.2 Å². The normalized spacial score (nSPS) is 10.4. The Morgan fingerprint density at radius 2 is 1.83 bits per heavy atom. The lowest BCUT2D eigenvalue weighted by Crippen LogP contribution is -2.46. The molecule has 7 nitrogen and oxygen atoms in total. The maximum atomic E-state index is 11.7. The molecule has 1 aromatic carbocycles. The van der Waals surface area contributed by atoms with E-state index in [9.17, 15) is 14.4 Å². The van der Waals surface area contributed by atoms with Gasteiger partial charge in [0, 0.05) is 6.08 Å². The van der Waals surface area contributed by atoms with Crippen LogP contribution in [0, 0.1) is 6.92 Å². The second-order valence-corrected chi connectivity index (χ2v) is 4.85. The molecule has 0 unspecified atom stereocenters. The molecule has 0 atom stereocenters. The Balaban J connectivity index is 1.71. The molecule has 7 heteroatoms. The van der Waals surface area contributed by atoms with E-state index < -0.39 is 17.7 Å². The molecule has 0 spiro atoms. The van der Waals surface area contributed by atoms with Gasteiger partial charge < -0.3 is 9.73 Å². The van der Waals surface area contributed by atoms with E-state index in [2.05, 4.69) is 16.2 Å². The largest absolute Gasteiger partial charge is 0.469 e. The molecule has 2 aromatic rings. The highest BCUT2D eigenvalue weighted by Gasteiger charge is 2.12. The molecule has 0 aliphatic heterocycles. The predicted octanol–water partition coefficient (Wildman–Crippen LogP) is 1.18. The number of nitrogens with one attached hydrogen (secondary N) is 3. The molecule has 0 bridgehead atoms. The van der Waals surface area contributed by atoms with Crippen molar-refractivity contribution in [1.82, 2.24) is 16.2 Å². The minimum Gasteiger partial charge on any atom is -0.469 e. The lowest BCUT2D eigenvalue weighted by Gasteiger charge is -2.07. The Labute approximate surface area is 138 Å². The van der Waals surface area contributed by atoms with E-state index in [1.165, 1.54) is 18.4 Å². The summed E-state index contributed by atoms with van der Waals surface area (Å²) >= 11 is 0. The summed E-state index contributed by atoms with van der Waals surface area (Å²) in [5.41, 5.74) is 5.65. The van der Waals surface area contributed by atoms with E-state index in [-0.39, 0.29) is 6.54 Å². The van der Waals surface area contributed by atoms with Gasteiger partial charge in [0.05, 0.1) is 18.4 Å². The zero-order chi connectivity index (χ0) is 17.4. The smallest absolute Gasteiger partial charge is 0.273 e. The van der Waals surface area contributed by atoms with Crippen molar-refractivity contribution in [3.8, 4) is 0 Å². The van der Waals surface area contributed by atoms with E-state index in [4.69, 9.17) is 4.42 Å². The third-order valence-corrected chi connectivity index (χ3v) is 3.07. The van der Waals surface area contributed by atoms with Crippen LogP contribution in [0.4, 0.5) is 0 Å². The van der Waals surface area contributed by atoms with Crippen molar-refractivity contribution in [1.29, 1.82) is 0 Å². The number of carbonyl (C=O) groups is 3. The second-order valence-electron chi connectivity index (χ2n) is 4.85. The topological polar surface area (TPSA) is 100 Å². The first kappa shape index (κ1) is 17.0. The summed E-state index contributed by atoms with van der Waals surface area (Å²) in [5, 5.41) is 2.41. The van der Waals surface area contributed by atoms with Gasteiger partial charge >= 0.3 is 0 Å². The number of amides is 3. The van der Waals surface area contributed by atoms with Crippen LogP contribution in [-0.4, -0.2) is 24.3 Å². The fourth-order valence-electron chi connectivity index (χ4n) is 1.82. The van der Waals surface area contributed by atoms with Gasteiger partial charge in [0.2, 0.25) is 5.91 Å². The zero-order valence-electron chi connectivity index (χ0n) is 13.0. The maximum absolute atomic E-state index is 11.7. The predicted molar refractivity (Wildman–Crippen MR) is 87.5 cm³/mol. The Morgan fingerprint density at radius 1 is 1.08 bits per heavy atom. The van der Waals surface area contributed by atoms with Crippen molar-refractivity contribution in [3.63, 3.8) is 0 Å². The fourth-order valence-corrected chi connectivity index (χ4v) is 1.82. The third kappa shape index (κ3) is 5.13. The van der Waals surface area contributed by atoms with Crippen molar-refractivity contribution in [2.24, 2.45) is 0 Å². The number of carbonyl (C=O) groups excluding carboxylic acids is 3. The van der Waals surface area contributed by atoms with E-state index in [1.54, 1.807) is 13.0 Å². The molecular formula is C17H17N3O4. The molecule has 0 aliphatic carbocycles. The molecule has 1 aromatic heterocycles. The number of hydrogen-bond donors (Lipinski definition) is 3. The average Bonchev–Trinajstić information content (AvgIpc) is 3.03. The number of furan rings is 1. The maximum Gasteiger partial charge on any atom is 0.273 e. The van der Waals surface area contributed by atoms with Crippen LogP contribution in [0.2, 0.25) is 0 Å². The molecule has 0 saturated carbocycles. The molecule has 1 heterocycles. The quantitative estimate of drug-likeness (QED) is 0.567. The highest BCUT2D eigenvalue weighted by Crippen LogP contribution is 2.07. The van der Waals surface area contributed by atoms with Gasteiger partial charge in [0.25, 0.3) is 11.8 Å². The summed E-state index contributed by atoms with van der Waals surface area (Å²) in [5.74, 6) is -1.01. The van der Waals surface area contributed by atoms with Gasteiger partial charge in [0.15, 0.2) is 0 Å². The van der Waals surface area contributed by atoms with Crippen LogP contribution >= 0.6 is 0 Å². The zero-order valence-corrected chi connectivity index (χ0v) is 13.0. The van der Waals surface area contributed by atoms with Crippen molar-refractivity contribution in [2.45, 2.75) is 6.92 Å². The molecule has 3 N–H and O–H groups in total. The Hall–Kier alpha value is -3.35. The summed E-state index contributed by atoms with van der Waals surface area (Å²) in [6, 6.07) is 10.8. The van der Waals surface area contributed by atoms with Gasteiger partial charge in [-0.2, -0.15) is 0 Å². The van der Waals surface area contributed by atoms with Crippen LogP contribution in [0.1, 0.15) is 21.7 Å². The van der Waals surface area contributed by atoms with Crippen LogP contribution in [0.5, 0.6) is 0 Å². The molecule has 0 fully saturated rings. The Kier molecular flexibility index (Phi) is 5.90. The van der Waals surface area contributed by atoms with Gasteiger partial charge in [-0.1, -0.05) is 30.3 Å². The lowest BCUT2D eigenvalue weighted by atomic mass is 10.2. The summed E-state index contributed by atoms with van der Waals surface area (Å²) in [6.07, 6.45) is 4.35. The minimum atomic E-state index is -0.550. The summed E-state index contributed by atoms with van der Waals surface area (Å²) in [6.45, 7) is 1.37. The highest BCUT2D eigenvalue weighted by molar-refractivity contribution is 5.97. The number of benzene rings is 1. The SMILES string of the molecule is Cc1occc1C(=O)NNC(=O)CNC(=O)/C=C/c1ccccc1. The van der Waals surface area contributed by atoms with Crippen molar-refractivity contribution in [2.75, 3.05) is 6.54 Å². The summed E-state index contributed by atoms with van der Waals surface area (Å²) in [7, 11) is 0. The summed E-state index contributed by atoms with van der Waals surface area (Å²) < 4.78 is 5.00. The van der Waals surface area contributed by atoms with E-state index >= 15 is 0 Å². The van der Waals surface area contributed by atoms with Crippen LogP contribution in [-0.2, 0) is 9.59 Å². The molecule has 124 valence electrons. The van der Waals surface area contributed by atoms with Gasteiger partial charge in [0.1, 0.15) is 5.76 Å². The number of hydrogen-bond acceptors (Lipinski definition) is 4. The van der Waals surface area contributed by atoms with E-state index in [0.29, 0.717) is 11.3 Å². The fraction of sp³-hybridized carbons (Fsp3) is 0.118. The number of hydrazine groups is 1. The van der Waals surface area contributed by atoms with Crippen molar-refractivity contribution in [3.05, 3.63) is 65.6 Å². The van der Waals surface area contributed by atoms with Crippen LogP contribution in [0.25, 0.3) is 6.08 Å². The van der Waals surface area contributed by atoms with E-state index in [0.717, 1.165) is 5.56 Å². The molecule has 2 rings (SSSR count). The van der Waals surface area contributed by atoms with Gasteiger partial charge in [-0.05, 0) is 24.6 Å². The van der Waals surface area contributed by atoms with E-state index in [1.807, 2.05) is 30.3 Å². The standard InChI is InChI=1S/C17H17N3O4/c1-12-14(9-10-24-12)17(23)20-19-16(22)11-18-15(21)8-7-13-5-3-2-4-6-13/h2-10H,11H2,1H3,(H,18,21)(H,19,22)(H,20,23)/b8-7+. The molecular weight excluding hydrogens is 310 g/mol. The first-order valence-electron chi connectivity index (χ1n) is 7.20. The molecule has 0 aliphatic rings. The van der Waals surface area contributed by atoms with Crippen molar-refractivity contribution >= 4 is 23.8 Å². The monoisotopic (exact) mass is 327 g/mol. The van der Waals surface area contributed by atoms with Crippen molar-refractivity contribution < 1.29 is 18.8 Å². The lowest BCUT2D eigenvalue weighted by molar-refractivity contribution is -0.124. The second kappa shape index (κ2) is 8.33. The molecule has 0 radical (unpaired) electrons. The summed E-state index contributed by atoms with van der Waals surface area (Å²) in [4.78, 5) is 34.9. The third-order valence-electron chi connectivity index (χ3n) is 3.07. The molecule has 24 heavy (non-hydrogen) atoms. The van der Waals surface area contributed by atoms with Crippen LogP contribution < -0.4 is 16.2 Å². The van der Waals surface area contributed by atoms with Gasteiger partial charge in [-0.15, -0.1) is 0 Å². The number of rotatable bonds is 5. The minimum absolute atomic E-state index is 0.261. The number of aryl methyl sites for hydroxylation is 1. The first-order chi connectivity index (χ1) is 11.6. The molecule has 3 amide bonds. The van der Waals surface area contributed by atoms with Gasteiger partial charge in [-0.25, -0.2) is 0 Å².